The Bertz CT molecular complexity index is 258. The summed E-state index contributed by atoms with van der Waals surface area (Å²) in [6.07, 6.45) is 1.12. The molecule has 15 heavy (non-hydrogen) atoms. The van der Waals surface area contributed by atoms with Crippen molar-refractivity contribution >= 4 is 11.8 Å². The second-order valence-corrected chi connectivity index (χ2v) is 5.67. The maximum absolute atomic E-state index is 3.39. The molecule has 0 heterocycles. The SMILES string of the molecule is CNC(CSC(C)C)Cc1ccccc1. The molecule has 0 fully saturated rings. The molecule has 84 valence electrons. The first-order valence-electron chi connectivity index (χ1n) is 5.55. The van der Waals surface area contributed by atoms with Crippen molar-refractivity contribution < 1.29 is 0 Å². The van der Waals surface area contributed by atoms with Gasteiger partial charge in [0.15, 0.2) is 0 Å². The number of nitrogens with one attached hydrogen (secondary N) is 1. The molecular formula is C13H21NS. The van der Waals surface area contributed by atoms with Gasteiger partial charge < -0.3 is 5.32 Å². The van der Waals surface area contributed by atoms with E-state index < -0.39 is 0 Å². The second-order valence-electron chi connectivity index (χ2n) is 4.06. The largest absolute Gasteiger partial charge is 0.316 e. The van der Waals surface area contributed by atoms with E-state index in [2.05, 4.69) is 56.5 Å². The molecule has 0 radical (unpaired) electrons. The van der Waals surface area contributed by atoms with Crippen LogP contribution in [-0.2, 0) is 6.42 Å². The number of hydrogen-bond acceptors (Lipinski definition) is 2. The van der Waals surface area contributed by atoms with Crippen molar-refractivity contribution in [1.29, 1.82) is 0 Å². The zero-order valence-corrected chi connectivity index (χ0v) is 10.7. The molecule has 0 aliphatic carbocycles. The third kappa shape index (κ3) is 5.24. The Hall–Kier alpha value is -0.470. The van der Waals surface area contributed by atoms with Crippen molar-refractivity contribution in [2.24, 2.45) is 0 Å². The first-order chi connectivity index (χ1) is 7.22. The van der Waals surface area contributed by atoms with Crippen LogP contribution in [0.1, 0.15) is 19.4 Å². The highest BCUT2D eigenvalue weighted by atomic mass is 32.2. The standard InChI is InChI=1S/C13H21NS/c1-11(2)15-10-13(14-3)9-12-7-5-4-6-8-12/h4-8,11,13-14H,9-10H2,1-3H3. The molecule has 0 aromatic heterocycles. The molecule has 2 heteroatoms. The van der Waals surface area contributed by atoms with Crippen LogP contribution in [0.15, 0.2) is 30.3 Å². The van der Waals surface area contributed by atoms with Crippen molar-refractivity contribution in [2.75, 3.05) is 12.8 Å². The number of hydrogen-bond donors (Lipinski definition) is 1. The Balaban J connectivity index is 2.40. The zero-order chi connectivity index (χ0) is 11.1. The van der Waals surface area contributed by atoms with E-state index in [-0.39, 0.29) is 0 Å². The number of rotatable bonds is 6. The highest BCUT2D eigenvalue weighted by molar-refractivity contribution is 7.99. The molecule has 1 atom stereocenters. The van der Waals surface area contributed by atoms with E-state index in [4.69, 9.17) is 0 Å². The van der Waals surface area contributed by atoms with Crippen LogP contribution in [0.4, 0.5) is 0 Å². The molecule has 1 aromatic carbocycles. The van der Waals surface area contributed by atoms with E-state index in [0.29, 0.717) is 6.04 Å². The van der Waals surface area contributed by atoms with Gasteiger partial charge in [0.2, 0.25) is 0 Å². The highest BCUT2D eigenvalue weighted by Crippen LogP contribution is 2.13. The number of likely N-dealkylation sites (N-methyl/N-ethyl adjacent to an activating group) is 1. The molecule has 0 aliphatic rings. The van der Waals surface area contributed by atoms with Crippen LogP contribution in [0.2, 0.25) is 0 Å². The van der Waals surface area contributed by atoms with Gasteiger partial charge in [-0.05, 0) is 24.3 Å². The van der Waals surface area contributed by atoms with Gasteiger partial charge in [-0.15, -0.1) is 0 Å². The number of benzene rings is 1. The van der Waals surface area contributed by atoms with E-state index in [1.807, 2.05) is 11.8 Å². The Morgan fingerprint density at radius 3 is 2.40 bits per heavy atom. The van der Waals surface area contributed by atoms with E-state index in [9.17, 15) is 0 Å². The van der Waals surface area contributed by atoms with Gasteiger partial charge >= 0.3 is 0 Å². The van der Waals surface area contributed by atoms with Crippen LogP contribution in [0.3, 0.4) is 0 Å². The first-order valence-corrected chi connectivity index (χ1v) is 6.60. The Morgan fingerprint density at radius 2 is 1.87 bits per heavy atom. The first kappa shape index (κ1) is 12.6. The van der Waals surface area contributed by atoms with E-state index in [1.165, 1.54) is 11.3 Å². The fourth-order valence-electron chi connectivity index (χ4n) is 1.45. The normalized spacial score (nSPS) is 13.1. The molecule has 0 bridgehead atoms. The lowest BCUT2D eigenvalue weighted by atomic mass is 10.1. The molecule has 0 aliphatic heterocycles. The van der Waals surface area contributed by atoms with Gasteiger partial charge in [0.1, 0.15) is 0 Å². The van der Waals surface area contributed by atoms with Gasteiger partial charge in [0, 0.05) is 11.8 Å². The second kappa shape index (κ2) is 6.91. The molecule has 1 aromatic rings. The van der Waals surface area contributed by atoms with Crippen molar-refractivity contribution in [3.8, 4) is 0 Å². The molecule has 1 unspecified atom stereocenters. The van der Waals surface area contributed by atoms with Crippen LogP contribution in [-0.4, -0.2) is 24.1 Å². The molecule has 0 saturated heterocycles. The van der Waals surface area contributed by atoms with Crippen LogP contribution >= 0.6 is 11.8 Å². The zero-order valence-electron chi connectivity index (χ0n) is 9.86. The van der Waals surface area contributed by atoms with Crippen LogP contribution in [0, 0.1) is 0 Å². The summed E-state index contributed by atoms with van der Waals surface area (Å²) in [5.74, 6) is 1.18. The predicted octanol–water partition coefficient (Wildman–Crippen LogP) is 2.96. The van der Waals surface area contributed by atoms with Crippen molar-refractivity contribution in [2.45, 2.75) is 31.6 Å². The van der Waals surface area contributed by atoms with Crippen LogP contribution < -0.4 is 5.32 Å². The quantitative estimate of drug-likeness (QED) is 0.796. The third-order valence-electron chi connectivity index (χ3n) is 2.36. The summed E-state index contributed by atoms with van der Waals surface area (Å²) >= 11 is 2.02. The van der Waals surface area contributed by atoms with Crippen molar-refractivity contribution in [1.82, 2.24) is 5.32 Å². The fraction of sp³-hybridized carbons (Fsp3) is 0.538. The monoisotopic (exact) mass is 223 g/mol. The van der Waals surface area contributed by atoms with Crippen LogP contribution in [0.25, 0.3) is 0 Å². The molecule has 0 spiro atoms. The molecule has 1 N–H and O–H groups in total. The Morgan fingerprint density at radius 1 is 1.20 bits per heavy atom. The van der Waals surface area contributed by atoms with Gasteiger partial charge in [-0.1, -0.05) is 44.2 Å². The van der Waals surface area contributed by atoms with Crippen molar-refractivity contribution in [3.63, 3.8) is 0 Å². The molecular weight excluding hydrogens is 202 g/mol. The lowest BCUT2D eigenvalue weighted by molar-refractivity contribution is 0.616. The Labute approximate surface area is 97.7 Å². The van der Waals surface area contributed by atoms with Gasteiger partial charge in [0.25, 0.3) is 0 Å². The van der Waals surface area contributed by atoms with Gasteiger partial charge in [-0.25, -0.2) is 0 Å². The molecule has 1 nitrogen and oxygen atoms in total. The molecule has 0 amide bonds. The van der Waals surface area contributed by atoms with Crippen LogP contribution in [0.5, 0.6) is 0 Å². The number of thioether (sulfide) groups is 1. The summed E-state index contributed by atoms with van der Waals surface area (Å²) < 4.78 is 0. The third-order valence-corrected chi connectivity index (χ3v) is 3.63. The minimum Gasteiger partial charge on any atom is -0.316 e. The van der Waals surface area contributed by atoms with E-state index in [0.717, 1.165) is 11.7 Å². The minimum absolute atomic E-state index is 0.583. The summed E-state index contributed by atoms with van der Waals surface area (Å²) in [5, 5.41) is 4.10. The molecule has 1 rings (SSSR count). The summed E-state index contributed by atoms with van der Waals surface area (Å²) in [6, 6.07) is 11.3. The lowest BCUT2D eigenvalue weighted by Crippen LogP contribution is -2.30. The summed E-state index contributed by atoms with van der Waals surface area (Å²) in [7, 11) is 2.05. The maximum atomic E-state index is 3.39. The summed E-state index contributed by atoms with van der Waals surface area (Å²) in [4.78, 5) is 0. The smallest absolute Gasteiger partial charge is 0.0195 e. The maximum Gasteiger partial charge on any atom is 0.0195 e. The summed E-state index contributed by atoms with van der Waals surface area (Å²) in [6.45, 7) is 4.50. The van der Waals surface area contributed by atoms with Gasteiger partial charge in [-0.2, -0.15) is 11.8 Å². The van der Waals surface area contributed by atoms with Gasteiger partial charge in [0.05, 0.1) is 0 Å². The fourth-order valence-corrected chi connectivity index (χ4v) is 2.35. The lowest BCUT2D eigenvalue weighted by Gasteiger charge is -2.17. The average Bonchev–Trinajstić information content (AvgIpc) is 2.25. The predicted molar refractivity (Wildman–Crippen MR) is 70.6 cm³/mol. The average molecular weight is 223 g/mol. The van der Waals surface area contributed by atoms with E-state index >= 15 is 0 Å². The van der Waals surface area contributed by atoms with E-state index in [1.54, 1.807) is 0 Å². The van der Waals surface area contributed by atoms with Gasteiger partial charge in [-0.3, -0.25) is 0 Å². The minimum atomic E-state index is 0.583. The topological polar surface area (TPSA) is 12.0 Å². The summed E-state index contributed by atoms with van der Waals surface area (Å²) in [5.41, 5.74) is 1.42. The molecule has 0 saturated carbocycles. The Kier molecular flexibility index (Phi) is 5.81. The van der Waals surface area contributed by atoms with Crippen molar-refractivity contribution in [3.05, 3.63) is 35.9 Å². The highest BCUT2D eigenvalue weighted by Gasteiger charge is 2.07.